The molecule has 0 radical (unpaired) electrons. The molecule has 7 nitrogen and oxygen atoms in total. The van der Waals surface area contributed by atoms with Crippen molar-refractivity contribution in [1.82, 2.24) is 24.5 Å². The standard InChI is InChI=1S/C23H25F3N6O/c1-12-29-20-17(24)7-13(8-18(20)32(12)11-19(25)26)15-9-27-21-16(15)10-28-22(31-21)30-14-3-5-23(2,33)6-4-14/h7-10,14,19,33H,3-6,11H2,1-2H3,(H2,27,28,30,31). The Labute approximate surface area is 188 Å². The second-order valence-electron chi connectivity index (χ2n) is 9.06. The van der Waals surface area contributed by atoms with Crippen molar-refractivity contribution in [1.29, 1.82) is 0 Å². The van der Waals surface area contributed by atoms with Crippen molar-refractivity contribution >= 4 is 28.0 Å². The normalized spacial score (nSPS) is 21.4. The Kier molecular flexibility index (Phi) is 5.27. The van der Waals surface area contributed by atoms with E-state index < -0.39 is 24.4 Å². The van der Waals surface area contributed by atoms with Crippen LogP contribution in [0.2, 0.25) is 0 Å². The third-order valence-corrected chi connectivity index (χ3v) is 6.46. The lowest BCUT2D eigenvalue weighted by Gasteiger charge is -2.33. The van der Waals surface area contributed by atoms with E-state index in [1.54, 1.807) is 25.4 Å². The number of H-pyrrole nitrogens is 1. The summed E-state index contributed by atoms with van der Waals surface area (Å²) in [6.45, 7) is 2.89. The van der Waals surface area contributed by atoms with E-state index in [0.29, 0.717) is 39.4 Å². The van der Waals surface area contributed by atoms with Crippen LogP contribution in [0.1, 0.15) is 38.4 Å². The van der Waals surface area contributed by atoms with Crippen molar-refractivity contribution in [3.05, 3.63) is 36.2 Å². The van der Waals surface area contributed by atoms with Crippen LogP contribution in [0, 0.1) is 12.7 Å². The minimum atomic E-state index is -2.57. The summed E-state index contributed by atoms with van der Waals surface area (Å²) in [5.74, 6) is 0.249. The molecule has 0 bridgehead atoms. The second-order valence-corrected chi connectivity index (χ2v) is 9.06. The lowest BCUT2D eigenvalue weighted by atomic mass is 9.84. The molecule has 10 heteroatoms. The van der Waals surface area contributed by atoms with Gasteiger partial charge in [-0.2, -0.15) is 4.98 Å². The molecule has 0 atom stereocenters. The Hall–Kier alpha value is -3.14. The van der Waals surface area contributed by atoms with E-state index in [2.05, 4.69) is 25.3 Å². The quantitative estimate of drug-likeness (QED) is 0.400. The largest absolute Gasteiger partial charge is 0.390 e. The molecule has 1 aromatic carbocycles. The van der Waals surface area contributed by atoms with Crippen LogP contribution in [0.25, 0.3) is 33.2 Å². The first-order valence-electron chi connectivity index (χ1n) is 11.0. The van der Waals surface area contributed by atoms with Gasteiger partial charge in [-0.3, -0.25) is 0 Å². The maximum absolute atomic E-state index is 14.8. The predicted molar refractivity (Wildman–Crippen MR) is 120 cm³/mol. The van der Waals surface area contributed by atoms with Crippen LogP contribution in [0.5, 0.6) is 0 Å². The molecule has 1 aliphatic carbocycles. The van der Waals surface area contributed by atoms with Crippen molar-refractivity contribution in [3.63, 3.8) is 0 Å². The molecule has 0 spiro atoms. The number of halogens is 3. The number of aliphatic hydroxyl groups is 1. The zero-order valence-electron chi connectivity index (χ0n) is 18.4. The summed E-state index contributed by atoms with van der Waals surface area (Å²) in [5.41, 5.74) is 1.57. The van der Waals surface area contributed by atoms with Gasteiger partial charge in [0.2, 0.25) is 5.95 Å². The summed E-state index contributed by atoms with van der Waals surface area (Å²) in [5, 5.41) is 14.1. The highest BCUT2D eigenvalue weighted by molar-refractivity contribution is 5.96. The number of alkyl halides is 2. The number of nitrogens with one attached hydrogen (secondary N) is 2. The number of rotatable bonds is 5. The molecule has 1 saturated carbocycles. The first kappa shape index (κ1) is 21.7. The fourth-order valence-electron chi connectivity index (χ4n) is 4.60. The Morgan fingerprint density at radius 3 is 2.76 bits per heavy atom. The number of imidazole rings is 1. The summed E-state index contributed by atoms with van der Waals surface area (Å²) in [7, 11) is 0. The number of aromatic amines is 1. The lowest BCUT2D eigenvalue weighted by molar-refractivity contribution is 0.0195. The fourth-order valence-corrected chi connectivity index (χ4v) is 4.60. The van der Waals surface area contributed by atoms with Crippen molar-refractivity contribution in [2.75, 3.05) is 5.32 Å². The Morgan fingerprint density at radius 2 is 2.03 bits per heavy atom. The van der Waals surface area contributed by atoms with E-state index in [1.165, 1.54) is 10.6 Å². The third-order valence-electron chi connectivity index (χ3n) is 6.46. The van der Waals surface area contributed by atoms with Crippen molar-refractivity contribution < 1.29 is 18.3 Å². The van der Waals surface area contributed by atoms with Gasteiger partial charge in [-0.15, -0.1) is 0 Å². The third kappa shape index (κ3) is 4.15. The summed E-state index contributed by atoms with van der Waals surface area (Å²) in [6.07, 6.45) is 3.90. The summed E-state index contributed by atoms with van der Waals surface area (Å²) < 4.78 is 42.3. The number of aryl methyl sites for hydroxylation is 1. The monoisotopic (exact) mass is 458 g/mol. The van der Waals surface area contributed by atoms with Crippen LogP contribution in [0.3, 0.4) is 0 Å². The molecule has 3 aromatic heterocycles. The molecule has 0 amide bonds. The number of hydrogen-bond acceptors (Lipinski definition) is 5. The van der Waals surface area contributed by atoms with Gasteiger partial charge in [0.1, 0.15) is 17.0 Å². The number of hydrogen-bond donors (Lipinski definition) is 3. The van der Waals surface area contributed by atoms with Gasteiger partial charge in [0.05, 0.1) is 17.7 Å². The Bertz CT molecular complexity index is 1320. The zero-order chi connectivity index (χ0) is 23.3. The first-order valence-corrected chi connectivity index (χ1v) is 11.0. The molecule has 4 aromatic rings. The molecule has 0 unspecified atom stereocenters. The number of anilines is 1. The topological polar surface area (TPSA) is 91.7 Å². The molecular weight excluding hydrogens is 433 g/mol. The molecule has 3 N–H and O–H groups in total. The van der Waals surface area contributed by atoms with Gasteiger partial charge in [0.25, 0.3) is 6.43 Å². The molecular formula is C23H25F3N6O. The van der Waals surface area contributed by atoms with Crippen LogP contribution >= 0.6 is 0 Å². The molecule has 0 aliphatic heterocycles. The van der Waals surface area contributed by atoms with Crippen molar-refractivity contribution in [3.8, 4) is 11.1 Å². The van der Waals surface area contributed by atoms with Crippen LogP contribution in [0.4, 0.5) is 19.1 Å². The number of fused-ring (bicyclic) bond motifs is 2. The van der Waals surface area contributed by atoms with E-state index in [1.807, 2.05) is 6.92 Å². The van der Waals surface area contributed by atoms with E-state index in [4.69, 9.17) is 0 Å². The average molecular weight is 458 g/mol. The molecule has 5 rings (SSSR count). The van der Waals surface area contributed by atoms with Gasteiger partial charge < -0.3 is 20.0 Å². The highest BCUT2D eigenvalue weighted by Crippen LogP contribution is 2.33. The zero-order valence-corrected chi connectivity index (χ0v) is 18.4. The fraction of sp³-hybridized carbons (Fsp3) is 0.435. The number of benzene rings is 1. The molecule has 33 heavy (non-hydrogen) atoms. The minimum Gasteiger partial charge on any atom is -0.390 e. The molecule has 3 heterocycles. The predicted octanol–water partition coefficient (Wildman–Crippen LogP) is 4.79. The molecule has 174 valence electrons. The minimum absolute atomic E-state index is 0.0749. The highest BCUT2D eigenvalue weighted by Gasteiger charge is 2.29. The molecule has 1 fully saturated rings. The highest BCUT2D eigenvalue weighted by atomic mass is 19.3. The smallest absolute Gasteiger partial charge is 0.256 e. The van der Waals surface area contributed by atoms with Gasteiger partial charge in [-0.25, -0.2) is 23.1 Å². The van der Waals surface area contributed by atoms with Crippen LogP contribution in [-0.2, 0) is 6.54 Å². The average Bonchev–Trinajstić information content (AvgIpc) is 3.31. The number of aromatic nitrogens is 5. The second kappa shape index (κ2) is 8.02. The first-order chi connectivity index (χ1) is 15.7. The van der Waals surface area contributed by atoms with Gasteiger partial charge >= 0.3 is 0 Å². The van der Waals surface area contributed by atoms with Crippen LogP contribution in [0.15, 0.2) is 24.5 Å². The molecule has 0 saturated heterocycles. The van der Waals surface area contributed by atoms with Gasteiger partial charge in [0.15, 0.2) is 5.82 Å². The maximum Gasteiger partial charge on any atom is 0.256 e. The Balaban J connectivity index is 1.47. The van der Waals surface area contributed by atoms with Gasteiger partial charge in [0, 0.05) is 29.4 Å². The summed E-state index contributed by atoms with van der Waals surface area (Å²) in [6, 6.07) is 3.21. The van der Waals surface area contributed by atoms with Gasteiger partial charge in [-0.05, 0) is 57.2 Å². The number of nitrogens with zero attached hydrogens (tertiary/aromatic N) is 4. The lowest BCUT2D eigenvalue weighted by Crippen LogP contribution is -2.36. The maximum atomic E-state index is 14.8. The van der Waals surface area contributed by atoms with E-state index >= 15 is 0 Å². The van der Waals surface area contributed by atoms with Crippen LogP contribution < -0.4 is 5.32 Å². The summed E-state index contributed by atoms with van der Waals surface area (Å²) in [4.78, 5) is 16.2. The van der Waals surface area contributed by atoms with Crippen LogP contribution in [-0.4, -0.2) is 47.7 Å². The summed E-state index contributed by atoms with van der Waals surface area (Å²) >= 11 is 0. The molecule has 1 aliphatic rings. The van der Waals surface area contributed by atoms with Crippen molar-refractivity contribution in [2.45, 2.75) is 64.1 Å². The van der Waals surface area contributed by atoms with Gasteiger partial charge in [-0.1, -0.05) is 0 Å². The van der Waals surface area contributed by atoms with Crippen molar-refractivity contribution in [2.24, 2.45) is 0 Å². The Morgan fingerprint density at radius 1 is 1.27 bits per heavy atom. The SMILES string of the molecule is Cc1nc2c(F)cc(-c3c[nH]c4nc(NC5CCC(C)(O)CC5)ncc34)cc2n1CC(F)F. The van der Waals surface area contributed by atoms with E-state index in [0.717, 1.165) is 25.7 Å². The van der Waals surface area contributed by atoms with E-state index in [-0.39, 0.29) is 11.6 Å². The van der Waals surface area contributed by atoms with E-state index in [9.17, 15) is 18.3 Å².